The van der Waals surface area contributed by atoms with Gasteiger partial charge >= 0.3 is 0 Å². The second-order valence-electron chi connectivity index (χ2n) is 2.39. The van der Waals surface area contributed by atoms with Crippen LogP contribution in [0.2, 0.25) is 0 Å². The van der Waals surface area contributed by atoms with Gasteiger partial charge in [-0.25, -0.2) is 0 Å². The van der Waals surface area contributed by atoms with Gasteiger partial charge in [0.05, 0.1) is 6.20 Å². The lowest BCUT2D eigenvalue weighted by Crippen LogP contribution is -1.97. The van der Waals surface area contributed by atoms with Crippen molar-refractivity contribution in [3.63, 3.8) is 0 Å². The molecule has 0 atom stereocenters. The number of nitrogens with zero attached hydrogens (tertiary/aromatic N) is 4. The van der Waals surface area contributed by atoms with Gasteiger partial charge in [-0.1, -0.05) is 0 Å². The Balaban J connectivity index is 3.14. The van der Waals surface area contributed by atoms with Gasteiger partial charge in [-0.05, 0) is 6.08 Å². The number of nitriles is 2. The minimum atomic E-state index is 0.0136. The molecule has 1 aromatic heterocycles. The molecule has 5 heteroatoms. The van der Waals surface area contributed by atoms with Crippen molar-refractivity contribution in [2.24, 2.45) is 7.05 Å². The maximum absolute atomic E-state index is 8.48. The van der Waals surface area contributed by atoms with Crippen LogP contribution < -0.4 is 5.73 Å². The first kappa shape index (κ1) is 8.82. The number of aromatic nitrogens is 2. The van der Waals surface area contributed by atoms with Crippen LogP contribution in [0.3, 0.4) is 0 Å². The molecule has 0 fully saturated rings. The molecule has 13 heavy (non-hydrogen) atoms. The molecule has 1 rings (SSSR count). The van der Waals surface area contributed by atoms with Crippen molar-refractivity contribution in [2.75, 3.05) is 5.73 Å². The van der Waals surface area contributed by atoms with Crippen molar-refractivity contribution in [1.29, 1.82) is 10.5 Å². The molecule has 1 heterocycles. The van der Waals surface area contributed by atoms with Crippen molar-refractivity contribution in [2.45, 2.75) is 0 Å². The quantitative estimate of drug-likeness (QED) is 0.623. The van der Waals surface area contributed by atoms with Gasteiger partial charge in [0.25, 0.3) is 0 Å². The van der Waals surface area contributed by atoms with Crippen LogP contribution in [0.15, 0.2) is 11.8 Å². The van der Waals surface area contributed by atoms with E-state index in [1.807, 2.05) is 0 Å². The molecule has 0 bridgehead atoms. The fourth-order valence-corrected chi connectivity index (χ4v) is 0.820. The Labute approximate surface area is 75.3 Å². The van der Waals surface area contributed by atoms with Crippen molar-refractivity contribution < 1.29 is 0 Å². The minimum Gasteiger partial charge on any atom is -0.383 e. The molecule has 0 saturated carbocycles. The van der Waals surface area contributed by atoms with Crippen LogP contribution in [0, 0.1) is 22.7 Å². The van der Waals surface area contributed by atoms with Gasteiger partial charge < -0.3 is 5.73 Å². The van der Waals surface area contributed by atoms with Crippen molar-refractivity contribution in [3.8, 4) is 12.1 Å². The monoisotopic (exact) mass is 173 g/mol. The molecule has 0 aliphatic carbocycles. The maximum Gasteiger partial charge on any atom is 0.130 e. The maximum atomic E-state index is 8.48. The molecule has 1 aromatic rings. The highest BCUT2D eigenvalue weighted by atomic mass is 15.3. The number of nitrogen functional groups attached to an aromatic ring is 1. The summed E-state index contributed by atoms with van der Waals surface area (Å²) in [5, 5.41) is 20.8. The topological polar surface area (TPSA) is 91.4 Å². The Kier molecular flexibility index (Phi) is 2.32. The Morgan fingerprint density at radius 2 is 2.23 bits per heavy atom. The van der Waals surface area contributed by atoms with Gasteiger partial charge in [0.1, 0.15) is 23.5 Å². The van der Waals surface area contributed by atoms with Gasteiger partial charge in [0.2, 0.25) is 0 Å². The lowest BCUT2D eigenvalue weighted by Gasteiger charge is -1.93. The summed E-state index contributed by atoms with van der Waals surface area (Å²) in [6.45, 7) is 0. The van der Waals surface area contributed by atoms with E-state index in [0.717, 1.165) is 0 Å². The zero-order valence-electron chi connectivity index (χ0n) is 7.02. The third kappa shape index (κ3) is 1.66. The van der Waals surface area contributed by atoms with Crippen LogP contribution in [0.25, 0.3) is 6.08 Å². The highest BCUT2D eigenvalue weighted by Crippen LogP contribution is 2.12. The molecule has 0 unspecified atom stereocenters. The van der Waals surface area contributed by atoms with Gasteiger partial charge in [-0.3, -0.25) is 4.68 Å². The van der Waals surface area contributed by atoms with E-state index in [1.165, 1.54) is 17.0 Å². The second kappa shape index (κ2) is 3.42. The van der Waals surface area contributed by atoms with Crippen molar-refractivity contribution in [3.05, 3.63) is 17.3 Å². The summed E-state index contributed by atoms with van der Waals surface area (Å²) < 4.78 is 1.47. The standard InChI is InChI=1S/C8H7N5/c1-13-8(11)7(5-12-13)2-6(3-9)4-10/h2,5H,11H2,1H3. The van der Waals surface area contributed by atoms with Crippen LogP contribution in [0.5, 0.6) is 0 Å². The van der Waals surface area contributed by atoms with E-state index in [2.05, 4.69) is 5.10 Å². The molecule has 0 aliphatic rings. The Morgan fingerprint density at radius 1 is 1.62 bits per heavy atom. The predicted molar refractivity (Wildman–Crippen MR) is 46.8 cm³/mol. The van der Waals surface area contributed by atoms with E-state index in [4.69, 9.17) is 16.3 Å². The van der Waals surface area contributed by atoms with Gasteiger partial charge in [0.15, 0.2) is 0 Å². The third-order valence-corrected chi connectivity index (χ3v) is 1.56. The molecule has 0 saturated heterocycles. The summed E-state index contributed by atoms with van der Waals surface area (Å²) in [5.41, 5.74) is 6.19. The fraction of sp³-hybridized carbons (Fsp3) is 0.125. The van der Waals surface area contributed by atoms with Gasteiger partial charge in [0, 0.05) is 12.6 Å². The van der Waals surface area contributed by atoms with E-state index < -0.39 is 0 Å². The van der Waals surface area contributed by atoms with E-state index in [1.54, 1.807) is 19.2 Å². The highest BCUT2D eigenvalue weighted by Gasteiger charge is 2.02. The molecule has 0 aromatic carbocycles. The average molecular weight is 173 g/mol. The fourth-order valence-electron chi connectivity index (χ4n) is 0.820. The molecule has 64 valence electrons. The van der Waals surface area contributed by atoms with Crippen molar-refractivity contribution in [1.82, 2.24) is 9.78 Å². The summed E-state index contributed by atoms with van der Waals surface area (Å²) in [7, 11) is 1.69. The number of hydrogen-bond donors (Lipinski definition) is 1. The minimum absolute atomic E-state index is 0.0136. The lowest BCUT2D eigenvalue weighted by molar-refractivity contribution is 0.779. The number of hydrogen-bond acceptors (Lipinski definition) is 4. The summed E-state index contributed by atoms with van der Waals surface area (Å²) in [4.78, 5) is 0. The predicted octanol–water partition coefficient (Wildman–Crippen LogP) is 0.433. The normalized spacial score (nSPS) is 8.54. The number of aryl methyl sites for hydroxylation is 1. The summed E-state index contributed by atoms with van der Waals surface area (Å²) in [5.74, 6) is 0.433. The van der Waals surface area contributed by atoms with Crippen LogP contribution in [-0.4, -0.2) is 9.78 Å². The molecule has 0 amide bonds. The van der Waals surface area contributed by atoms with Crippen LogP contribution in [0.4, 0.5) is 5.82 Å². The van der Waals surface area contributed by atoms with E-state index in [0.29, 0.717) is 11.4 Å². The smallest absolute Gasteiger partial charge is 0.130 e. The first-order valence-electron chi connectivity index (χ1n) is 3.48. The SMILES string of the molecule is Cn1ncc(C=C(C#N)C#N)c1N. The third-order valence-electron chi connectivity index (χ3n) is 1.56. The second-order valence-corrected chi connectivity index (χ2v) is 2.39. The molecule has 2 N–H and O–H groups in total. The molecular formula is C8H7N5. The molecule has 5 nitrogen and oxygen atoms in total. The number of anilines is 1. The lowest BCUT2D eigenvalue weighted by atomic mass is 10.2. The zero-order valence-corrected chi connectivity index (χ0v) is 7.02. The molecule has 0 radical (unpaired) electrons. The van der Waals surface area contributed by atoms with Crippen molar-refractivity contribution >= 4 is 11.9 Å². The van der Waals surface area contributed by atoms with Crippen LogP contribution >= 0.6 is 0 Å². The number of nitrogens with two attached hydrogens (primary N) is 1. The summed E-state index contributed by atoms with van der Waals surface area (Å²) in [6.07, 6.45) is 2.91. The van der Waals surface area contributed by atoms with E-state index in [-0.39, 0.29) is 5.57 Å². The Bertz CT molecular complexity index is 410. The van der Waals surface area contributed by atoms with E-state index in [9.17, 15) is 0 Å². The van der Waals surface area contributed by atoms with Gasteiger partial charge in [-0.2, -0.15) is 15.6 Å². The van der Waals surface area contributed by atoms with Crippen LogP contribution in [-0.2, 0) is 7.05 Å². The largest absolute Gasteiger partial charge is 0.383 e. The number of allylic oxidation sites excluding steroid dienone is 1. The van der Waals surface area contributed by atoms with Gasteiger partial charge in [-0.15, -0.1) is 0 Å². The first-order chi connectivity index (χ1) is 6.19. The number of rotatable bonds is 1. The molecule has 0 spiro atoms. The molecule has 0 aliphatic heterocycles. The average Bonchev–Trinajstić information content (AvgIpc) is 2.45. The summed E-state index contributed by atoms with van der Waals surface area (Å²) >= 11 is 0. The Morgan fingerprint density at radius 3 is 2.62 bits per heavy atom. The van der Waals surface area contributed by atoms with Crippen LogP contribution in [0.1, 0.15) is 5.56 Å². The highest BCUT2D eigenvalue weighted by molar-refractivity contribution is 5.68. The Hall–Kier alpha value is -2.27. The summed E-state index contributed by atoms with van der Waals surface area (Å²) in [6, 6.07) is 3.49. The van der Waals surface area contributed by atoms with E-state index >= 15 is 0 Å². The molecular weight excluding hydrogens is 166 g/mol. The first-order valence-corrected chi connectivity index (χ1v) is 3.48. The zero-order chi connectivity index (χ0) is 9.84.